The predicted octanol–water partition coefficient (Wildman–Crippen LogP) is 2.73. The number of hydrogen-bond acceptors (Lipinski definition) is 4. The van der Waals surface area contributed by atoms with Crippen LogP contribution in [0.2, 0.25) is 0 Å². The molecule has 23 heavy (non-hydrogen) atoms. The van der Waals surface area contributed by atoms with Gasteiger partial charge in [0.1, 0.15) is 23.9 Å². The summed E-state index contributed by atoms with van der Waals surface area (Å²) >= 11 is 0. The lowest BCUT2D eigenvalue weighted by Gasteiger charge is -2.36. The minimum Gasteiger partial charge on any atom is -0.506 e. The highest BCUT2D eigenvalue weighted by atomic mass is 19.1. The topological polar surface area (TPSA) is 35.9 Å². The largest absolute Gasteiger partial charge is 0.506 e. The lowest BCUT2D eigenvalue weighted by atomic mass is 10.2. The zero-order chi connectivity index (χ0) is 16.1. The van der Waals surface area contributed by atoms with E-state index >= 15 is 0 Å². The summed E-state index contributed by atoms with van der Waals surface area (Å²) in [4.78, 5) is 4.53. The van der Waals surface area contributed by atoms with Gasteiger partial charge in [0.15, 0.2) is 0 Å². The second kappa shape index (κ2) is 7.33. The molecular weight excluding hydrogens is 295 g/mol. The van der Waals surface area contributed by atoms with Crippen molar-refractivity contribution in [2.45, 2.75) is 0 Å². The van der Waals surface area contributed by atoms with Crippen LogP contribution in [-0.4, -0.2) is 49.3 Å². The summed E-state index contributed by atoms with van der Waals surface area (Å²) in [5.41, 5.74) is 0.898. The first-order chi connectivity index (χ1) is 11.2. The third-order valence-electron chi connectivity index (χ3n) is 4.08. The first-order valence-electron chi connectivity index (χ1n) is 7.86. The Morgan fingerprint density at radius 1 is 0.957 bits per heavy atom. The maximum atomic E-state index is 12.8. The van der Waals surface area contributed by atoms with Gasteiger partial charge in [-0.3, -0.25) is 4.90 Å². The van der Waals surface area contributed by atoms with Crippen LogP contribution in [0, 0.1) is 5.82 Å². The number of para-hydroxylation sites is 2. The molecule has 0 saturated carbocycles. The van der Waals surface area contributed by atoms with Gasteiger partial charge in [0, 0.05) is 32.7 Å². The van der Waals surface area contributed by atoms with E-state index in [1.165, 1.54) is 12.1 Å². The first-order valence-corrected chi connectivity index (χ1v) is 7.86. The van der Waals surface area contributed by atoms with Gasteiger partial charge in [0.05, 0.1) is 5.69 Å². The number of anilines is 1. The quantitative estimate of drug-likeness (QED) is 0.920. The van der Waals surface area contributed by atoms with Gasteiger partial charge in [0.2, 0.25) is 0 Å². The summed E-state index contributed by atoms with van der Waals surface area (Å²) in [6.07, 6.45) is 0. The van der Waals surface area contributed by atoms with E-state index in [9.17, 15) is 9.50 Å². The number of phenols is 1. The van der Waals surface area contributed by atoms with Gasteiger partial charge in [-0.15, -0.1) is 0 Å². The van der Waals surface area contributed by atoms with Gasteiger partial charge in [-0.25, -0.2) is 4.39 Å². The first kappa shape index (κ1) is 15.6. The average Bonchev–Trinajstić information content (AvgIpc) is 2.58. The molecular formula is C18H21FN2O2. The molecule has 5 heteroatoms. The standard InChI is InChI=1S/C18H21FN2O2/c19-15-5-7-16(8-6-15)23-14-13-20-9-11-21(12-10-20)17-3-1-2-4-18(17)22/h1-8,22H,9-14H2. The Morgan fingerprint density at radius 2 is 1.65 bits per heavy atom. The molecule has 1 fully saturated rings. The molecule has 122 valence electrons. The number of nitrogens with zero attached hydrogens (tertiary/aromatic N) is 2. The Kier molecular flexibility index (Phi) is 4.98. The summed E-state index contributed by atoms with van der Waals surface area (Å²) in [7, 11) is 0. The van der Waals surface area contributed by atoms with E-state index in [1.807, 2.05) is 18.2 Å². The van der Waals surface area contributed by atoms with Crippen molar-refractivity contribution in [3.05, 3.63) is 54.3 Å². The van der Waals surface area contributed by atoms with Crippen LogP contribution in [0.5, 0.6) is 11.5 Å². The number of rotatable bonds is 5. The van der Waals surface area contributed by atoms with Crippen LogP contribution in [0.1, 0.15) is 0 Å². The molecule has 1 N–H and O–H groups in total. The normalized spacial score (nSPS) is 15.6. The molecule has 1 saturated heterocycles. The van der Waals surface area contributed by atoms with Gasteiger partial charge in [0.25, 0.3) is 0 Å². The number of piperazine rings is 1. The Labute approximate surface area is 135 Å². The van der Waals surface area contributed by atoms with Crippen LogP contribution in [0.25, 0.3) is 0 Å². The molecule has 0 amide bonds. The second-order valence-corrected chi connectivity index (χ2v) is 5.62. The molecule has 0 spiro atoms. The fourth-order valence-electron chi connectivity index (χ4n) is 2.77. The van der Waals surface area contributed by atoms with E-state index in [1.54, 1.807) is 18.2 Å². The van der Waals surface area contributed by atoms with Crippen LogP contribution in [-0.2, 0) is 0 Å². The molecule has 4 nitrogen and oxygen atoms in total. The van der Waals surface area contributed by atoms with Gasteiger partial charge in [-0.05, 0) is 36.4 Å². The Hall–Kier alpha value is -2.27. The molecule has 1 aliphatic rings. The zero-order valence-electron chi connectivity index (χ0n) is 13.0. The van der Waals surface area contributed by atoms with E-state index < -0.39 is 0 Å². The Bertz CT molecular complexity index is 625. The van der Waals surface area contributed by atoms with Gasteiger partial charge in [-0.1, -0.05) is 12.1 Å². The van der Waals surface area contributed by atoms with E-state index in [4.69, 9.17) is 4.74 Å². The van der Waals surface area contributed by atoms with Crippen molar-refractivity contribution in [3.63, 3.8) is 0 Å². The molecule has 0 atom stereocenters. The van der Waals surface area contributed by atoms with Crippen molar-refractivity contribution in [3.8, 4) is 11.5 Å². The van der Waals surface area contributed by atoms with Gasteiger partial charge < -0.3 is 14.7 Å². The number of benzene rings is 2. The van der Waals surface area contributed by atoms with Crippen LogP contribution < -0.4 is 9.64 Å². The number of hydrogen-bond donors (Lipinski definition) is 1. The van der Waals surface area contributed by atoms with Crippen LogP contribution in [0.15, 0.2) is 48.5 Å². The van der Waals surface area contributed by atoms with Crippen LogP contribution >= 0.6 is 0 Å². The molecule has 2 aromatic rings. The molecule has 0 radical (unpaired) electrons. The van der Waals surface area contributed by atoms with Crippen molar-refractivity contribution in [2.75, 3.05) is 44.2 Å². The molecule has 1 aliphatic heterocycles. The molecule has 2 aromatic carbocycles. The number of phenolic OH excluding ortho intramolecular Hbond substituents is 1. The second-order valence-electron chi connectivity index (χ2n) is 5.62. The highest BCUT2D eigenvalue weighted by molar-refractivity contribution is 5.57. The number of halogens is 1. The average molecular weight is 316 g/mol. The molecule has 0 aliphatic carbocycles. The van der Waals surface area contributed by atoms with Gasteiger partial charge >= 0.3 is 0 Å². The fraction of sp³-hybridized carbons (Fsp3) is 0.333. The molecule has 1 heterocycles. The van der Waals surface area contributed by atoms with Crippen molar-refractivity contribution in [2.24, 2.45) is 0 Å². The Balaban J connectivity index is 1.43. The SMILES string of the molecule is Oc1ccccc1N1CCN(CCOc2ccc(F)cc2)CC1. The van der Waals surface area contributed by atoms with Crippen molar-refractivity contribution in [1.82, 2.24) is 4.90 Å². The summed E-state index contributed by atoms with van der Waals surface area (Å²) in [6.45, 7) is 5.05. The van der Waals surface area contributed by atoms with Gasteiger partial charge in [-0.2, -0.15) is 0 Å². The third-order valence-corrected chi connectivity index (χ3v) is 4.08. The van der Waals surface area contributed by atoms with E-state index in [0.717, 1.165) is 38.4 Å². The highest BCUT2D eigenvalue weighted by Gasteiger charge is 2.18. The van der Waals surface area contributed by atoms with Crippen molar-refractivity contribution >= 4 is 5.69 Å². The summed E-state index contributed by atoms with van der Waals surface area (Å²) in [6, 6.07) is 13.5. The smallest absolute Gasteiger partial charge is 0.138 e. The molecule has 0 unspecified atom stereocenters. The van der Waals surface area contributed by atoms with E-state index in [0.29, 0.717) is 18.1 Å². The third kappa shape index (κ3) is 4.13. The molecule has 0 aromatic heterocycles. The lowest BCUT2D eigenvalue weighted by Crippen LogP contribution is -2.47. The monoisotopic (exact) mass is 316 g/mol. The minimum absolute atomic E-state index is 0.252. The zero-order valence-corrected chi connectivity index (χ0v) is 13.0. The number of ether oxygens (including phenoxy) is 1. The lowest BCUT2D eigenvalue weighted by molar-refractivity contribution is 0.200. The van der Waals surface area contributed by atoms with E-state index in [2.05, 4.69) is 9.80 Å². The predicted molar refractivity (Wildman–Crippen MR) is 88.7 cm³/mol. The van der Waals surface area contributed by atoms with Crippen molar-refractivity contribution < 1.29 is 14.2 Å². The maximum Gasteiger partial charge on any atom is 0.138 e. The molecule has 0 bridgehead atoms. The van der Waals surface area contributed by atoms with Crippen LogP contribution in [0.3, 0.4) is 0 Å². The van der Waals surface area contributed by atoms with E-state index in [-0.39, 0.29) is 5.82 Å². The minimum atomic E-state index is -0.252. The summed E-state index contributed by atoms with van der Waals surface area (Å²) in [5.74, 6) is 0.775. The Morgan fingerprint density at radius 3 is 2.35 bits per heavy atom. The van der Waals surface area contributed by atoms with Crippen molar-refractivity contribution in [1.29, 1.82) is 0 Å². The van der Waals surface area contributed by atoms with Crippen LogP contribution in [0.4, 0.5) is 10.1 Å². The maximum absolute atomic E-state index is 12.8. The number of aromatic hydroxyl groups is 1. The molecule has 3 rings (SSSR count). The summed E-state index contributed by atoms with van der Waals surface area (Å²) in [5, 5.41) is 9.91. The fourth-order valence-corrected chi connectivity index (χ4v) is 2.77. The highest BCUT2D eigenvalue weighted by Crippen LogP contribution is 2.27. The summed E-state index contributed by atoms with van der Waals surface area (Å²) < 4.78 is 18.5.